The highest BCUT2D eigenvalue weighted by Crippen LogP contribution is 2.46. The summed E-state index contributed by atoms with van der Waals surface area (Å²) in [6.07, 6.45) is 11.4. The van der Waals surface area contributed by atoms with Crippen LogP contribution < -0.4 is 4.74 Å². The van der Waals surface area contributed by atoms with Crippen molar-refractivity contribution in [2.75, 3.05) is 0 Å². The Bertz CT molecular complexity index is 2260. The molecule has 1 aliphatic rings. The van der Waals surface area contributed by atoms with Gasteiger partial charge in [0.25, 0.3) is 0 Å². The van der Waals surface area contributed by atoms with Gasteiger partial charge < -0.3 is 4.74 Å². The number of para-hydroxylation sites is 1. The fourth-order valence-corrected chi connectivity index (χ4v) is 8.68. The van der Waals surface area contributed by atoms with E-state index in [0.29, 0.717) is 17.8 Å². The van der Waals surface area contributed by atoms with E-state index in [0.717, 1.165) is 52.6 Å². The highest BCUT2D eigenvalue weighted by atomic mass is 16.5. The lowest BCUT2D eigenvalue weighted by atomic mass is 9.69. The van der Waals surface area contributed by atoms with Crippen molar-refractivity contribution in [3.8, 4) is 23.0 Å². The number of aryl methyl sites for hydroxylation is 2. The Morgan fingerprint density at radius 1 is 0.865 bits per heavy atom. The third-order valence-corrected chi connectivity index (χ3v) is 11.4. The largest absolute Gasteiger partial charge is 0.457 e. The van der Waals surface area contributed by atoms with E-state index in [9.17, 15) is 0 Å². The Kier molecular flexibility index (Phi) is 9.91. The second-order valence-electron chi connectivity index (χ2n) is 16.2. The van der Waals surface area contributed by atoms with Gasteiger partial charge in [-0.2, -0.15) is 5.10 Å². The van der Waals surface area contributed by atoms with E-state index in [1.807, 2.05) is 6.20 Å². The van der Waals surface area contributed by atoms with Crippen molar-refractivity contribution >= 4 is 21.8 Å². The molecule has 0 amide bonds. The number of allylic oxidation sites excluding steroid dienone is 2. The van der Waals surface area contributed by atoms with Crippen LogP contribution in [0.1, 0.15) is 115 Å². The molecule has 3 aromatic heterocycles. The molecule has 1 aliphatic carbocycles. The Balaban J connectivity index is 1.32. The summed E-state index contributed by atoms with van der Waals surface area (Å²) in [6, 6.07) is 26.1. The van der Waals surface area contributed by atoms with Gasteiger partial charge in [-0.05, 0) is 110 Å². The Labute approximate surface area is 310 Å². The number of ether oxygens (including phenoxy) is 1. The normalized spacial score (nSPS) is 17.9. The molecule has 5 nitrogen and oxygen atoms in total. The summed E-state index contributed by atoms with van der Waals surface area (Å²) >= 11 is 0. The summed E-state index contributed by atoms with van der Waals surface area (Å²) in [5, 5.41) is 7.64. The zero-order valence-corrected chi connectivity index (χ0v) is 32.8. The Morgan fingerprint density at radius 3 is 2.40 bits per heavy atom. The molecule has 7 rings (SSSR count). The molecule has 5 heteroatoms. The number of hydrogen-bond acceptors (Lipinski definition) is 3. The van der Waals surface area contributed by atoms with E-state index in [4.69, 9.17) is 14.8 Å². The van der Waals surface area contributed by atoms with Gasteiger partial charge in [0.2, 0.25) is 0 Å². The predicted molar refractivity (Wildman–Crippen MR) is 218 cm³/mol. The average molecular weight is 693 g/mol. The van der Waals surface area contributed by atoms with E-state index in [1.54, 1.807) is 5.57 Å². The van der Waals surface area contributed by atoms with Crippen LogP contribution in [-0.2, 0) is 11.8 Å². The lowest BCUT2D eigenvalue weighted by Crippen LogP contribution is -2.23. The molecule has 0 aliphatic heterocycles. The van der Waals surface area contributed by atoms with Crippen LogP contribution in [0.3, 0.4) is 0 Å². The molecule has 3 heterocycles. The molecule has 3 atom stereocenters. The first kappa shape index (κ1) is 35.7. The third kappa shape index (κ3) is 6.71. The topological polar surface area (TPSA) is 44.9 Å². The number of rotatable bonds is 10. The zero-order valence-electron chi connectivity index (χ0n) is 32.8. The first-order valence-corrected chi connectivity index (χ1v) is 19.6. The summed E-state index contributed by atoms with van der Waals surface area (Å²) in [6.45, 7) is 20.5. The average Bonchev–Trinajstić information content (AvgIpc) is 3.62. The van der Waals surface area contributed by atoms with E-state index in [-0.39, 0.29) is 5.41 Å². The number of unbranched alkanes of at least 4 members (excludes halogenated alkanes) is 1. The number of pyridine rings is 1. The maximum absolute atomic E-state index is 6.84. The molecule has 0 saturated carbocycles. The molecular formula is C47H56N4O. The van der Waals surface area contributed by atoms with Crippen molar-refractivity contribution in [3.05, 3.63) is 119 Å². The number of benzene rings is 3. The van der Waals surface area contributed by atoms with Gasteiger partial charge in [-0.15, -0.1) is 0 Å². The molecular weight excluding hydrogens is 637 g/mol. The SMILES string of the molecule is CCCCc1ccnc(-n2c3ccccc3c3ccc(Oc4cc(-n5nc(C)c([C@H]6C(CC)=C[C@H](C)C[C@@H]6CC)c5C)cc(C(C)(C)C)c4)cc32)c1. The standard InChI is InChI=1S/C47H56N4O/c1-10-13-16-33-21-22-48-44(25-33)50-42-18-15-14-17-40(42)41-20-19-38(29-43(41)50)52-39-27-36(47(7,8)9)26-37(28-39)51-32(6)45(31(5)49-51)46-34(11-2)23-30(4)24-35(46)12-3/h14-15,17-23,25-30,35,46H,10-13,16,24H2,1-9H3/t30-,35-,46-/m0/s1. The highest BCUT2D eigenvalue weighted by Gasteiger charge is 2.34. The van der Waals surface area contributed by atoms with Crippen molar-refractivity contribution in [3.63, 3.8) is 0 Å². The van der Waals surface area contributed by atoms with Crippen LogP contribution in [-0.4, -0.2) is 19.3 Å². The summed E-state index contributed by atoms with van der Waals surface area (Å²) in [7, 11) is 0. The van der Waals surface area contributed by atoms with Gasteiger partial charge in [0.1, 0.15) is 17.3 Å². The van der Waals surface area contributed by atoms with E-state index in [2.05, 4.69) is 150 Å². The Hall–Kier alpha value is -4.64. The van der Waals surface area contributed by atoms with Crippen LogP contribution in [0.2, 0.25) is 0 Å². The van der Waals surface area contributed by atoms with Crippen molar-refractivity contribution < 1.29 is 4.74 Å². The number of aromatic nitrogens is 4. The minimum Gasteiger partial charge on any atom is -0.457 e. The quantitative estimate of drug-likeness (QED) is 0.134. The highest BCUT2D eigenvalue weighted by molar-refractivity contribution is 6.09. The summed E-state index contributed by atoms with van der Waals surface area (Å²) in [4.78, 5) is 4.87. The van der Waals surface area contributed by atoms with Gasteiger partial charge in [-0.25, -0.2) is 9.67 Å². The maximum atomic E-state index is 6.84. The molecule has 0 saturated heterocycles. The summed E-state index contributed by atoms with van der Waals surface area (Å²) < 4.78 is 11.3. The smallest absolute Gasteiger partial charge is 0.137 e. The first-order chi connectivity index (χ1) is 25.0. The number of hydrogen-bond donors (Lipinski definition) is 0. The minimum atomic E-state index is -0.0805. The third-order valence-electron chi connectivity index (χ3n) is 11.4. The molecule has 0 spiro atoms. The molecule has 52 heavy (non-hydrogen) atoms. The monoisotopic (exact) mass is 692 g/mol. The molecule has 270 valence electrons. The predicted octanol–water partition coefficient (Wildman–Crippen LogP) is 12.9. The minimum absolute atomic E-state index is 0.0805. The van der Waals surface area contributed by atoms with Crippen LogP contribution in [0, 0.1) is 25.7 Å². The van der Waals surface area contributed by atoms with Crippen LogP contribution in [0.5, 0.6) is 11.5 Å². The first-order valence-electron chi connectivity index (χ1n) is 19.6. The molecule has 0 unspecified atom stereocenters. The maximum Gasteiger partial charge on any atom is 0.137 e. The molecule has 3 aromatic carbocycles. The van der Waals surface area contributed by atoms with Crippen LogP contribution in [0.4, 0.5) is 0 Å². The molecule has 0 N–H and O–H groups in total. The number of nitrogens with zero attached hydrogens (tertiary/aromatic N) is 4. The summed E-state index contributed by atoms with van der Waals surface area (Å²) in [5.41, 5.74) is 11.0. The Morgan fingerprint density at radius 2 is 1.65 bits per heavy atom. The van der Waals surface area contributed by atoms with Gasteiger partial charge in [-0.1, -0.05) is 91.2 Å². The van der Waals surface area contributed by atoms with E-state index >= 15 is 0 Å². The lowest BCUT2D eigenvalue weighted by molar-refractivity contribution is 0.347. The van der Waals surface area contributed by atoms with Crippen LogP contribution >= 0.6 is 0 Å². The second kappa shape index (κ2) is 14.4. The van der Waals surface area contributed by atoms with E-state index < -0.39 is 0 Å². The zero-order chi connectivity index (χ0) is 36.7. The van der Waals surface area contributed by atoms with Gasteiger partial charge in [0, 0.05) is 46.3 Å². The fraction of sp³-hybridized carbons (Fsp3) is 0.404. The van der Waals surface area contributed by atoms with Crippen molar-refractivity contribution in [1.82, 2.24) is 19.3 Å². The molecule has 6 aromatic rings. The van der Waals surface area contributed by atoms with E-state index in [1.165, 1.54) is 58.8 Å². The second-order valence-corrected chi connectivity index (χ2v) is 16.2. The lowest BCUT2D eigenvalue weighted by Gasteiger charge is -2.35. The molecule has 0 bridgehead atoms. The van der Waals surface area contributed by atoms with Crippen molar-refractivity contribution in [2.24, 2.45) is 11.8 Å². The molecule has 0 fully saturated rings. The van der Waals surface area contributed by atoms with Gasteiger partial charge in [-0.3, -0.25) is 4.57 Å². The fourth-order valence-electron chi connectivity index (χ4n) is 8.68. The van der Waals surface area contributed by atoms with Crippen molar-refractivity contribution in [1.29, 1.82) is 0 Å². The van der Waals surface area contributed by atoms with Gasteiger partial charge in [0.15, 0.2) is 0 Å². The van der Waals surface area contributed by atoms with Crippen LogP contribution in [0.15, 0.2) is 90.6 Å². The van der Waals surface area contributed by atoms with Gasteiger partial charge in [0.05, 0.1) is 22.4 Å². The van der Waals surface area contributed by atoms with Crippen molar-refractivity contribution in [2.45, 2.75) is 112 Å². The molecule has 0 radical (unpaired) electrons. The number of fused-ring (bicyclic) bond motifs is 3. The van der Waals surface area contributed by atoms with Gasteiger partial charge >= 0.3 is 0 Å². The summed E-state index contributed by atoms with van der Waals surface area (Å²) in [5.74, 6) is 4.22. The van der Waals surface area contributed by atoms with Crippen LogP contribution in [0.25, 0.3) is 33.3 Å².